The average Bonchev–Trinajstić information content (AvgIpc) is 2.83. The number of ether oxygens (including phenoxy) is 1. The van der Waals surface area contributed by atoms with E-state index in [1.54, 1.807) is 24.3 Å². The smallest absolute Gasteiger partial charge is 0.411 e. The zero-order valence-corrected chi connectivity index (χ0v) is 19.9. The van der Waals surface area contributed by atoms with Crippen LogP contribution in [0.5, 0.6) is 0 Å². The molecule has 3 N–H and O–H groups in total. The van der Waals surface area contributed by atoms with Gasteiger partial charge in [-0.3, -0.25) is 14.9 Å². The normalized spacial score (nSPS) is 11.8. The van der Waals surface area contributed by atoms with Crippen molar-refractivity contribution in [2.75, 3.05) is 17.2 Å². The maximum atomic E-state index is 13.6. The quantitative estimate of drug-likeness (QED) is 0.388. The van der Waals surface area contributed by atoms with Crippen molar-refractivity contribution in [3.8, 4) is 0 Å². The summed E-state index contributed by atoms with van der Waals surface area (Å²) in [6.45, 7) is 1.35. The first-order valence-corrected chi connectivity index (χ1v) is 12.3. The molecule has 11 heteroatoms. The Hall–Kier alpha value is -4.25. The van der Waals surface area contributed by atoms with Crippen LogP contribution in [0.25, 0.3) is 0 Å². The lowest BCUT2D eigenvalue weighted by Gasteiger charge is -2.15. The van der Waals surface area contributed by atoms with Crippen molar-refractivity contribution < 1.29 is 37.0 Å². The lowest BCUT2D eigenvalue weighted by molar-refractivity contribution is -0.136. The summed E-state index contributed by atoms with van der Waals surface area (Å²) in [7, 11) is -4.35. The lowest BCUT2D eigenvalue weighted by Crippen LogP contribution is -2.32. The number of aliphatic carboxylic acids is 1. The lowest BCUT2D eigenvalue weighted by atomic mass is 10.1. The molecular weight excluding hydrogens is 491 g/mol. The molecule has 0 aromatic heterocycles. The van der Waals surface area contributed by atoms with Gasteiger partial charge in [-0.25, -0.2) is 17.6 Å². The molecule has 0 spiro atoms. The number of nitrogens with one attached hydrogen (secondary N) is 2. The minimum atomic E-state index is -4.35. The molecule has 2 amide bonds. The molecule has 0 radical (unpaired) electrons. The van der Waals surface area contributed by atoms with E-state index in [0.717, 1.165) is 11.6 Å². The van der Waals surface area contributed by atoms with Gasteiger partial charge in [-0.15, -0.1) is 0 Å². The topological polar surface area (TPSA) is 139 Å². The number of para-hydroxylation sites is 1. The molecule has 0 aliphatic rings. The Kier molecular flexibility index (Phi) is 8.38. The van der Waals surface area contributed by atoms with E-state index in [-0.39, 0.29) is 16.5 Å². The van der Waals surface area contributed by atoms with Gasteiger partial charge in [-0.2, -0.15) is 0 Å². The van der Waals surface area contributed by atoms with E-state index >= 15 is 0 Å². The van der Waals surface area contributed by atoms with Gasteiger partial charge in [-0.05, 0) is 55.5 Å². The van der Waals surface area contributed by atoms with E-state index in [0.29, 0.717) is 11.3 Å². The molecule has 3 aromatic carbocycles. The van der Waals surface area contributed by atoms with Crippen LogP contribution in [-0.4, -0.2) is 43.4 Å². The third kappa shape index (κ3) is 6.66. The van der Waals surface area contributed by atoms with Crippen LogP contribution in [0.1, 0.15) is 22.3 Å². The second kappa shape index (κ2) is 11.5. The number of benzene rings is 3. The third-order valence-corrected chi connectivity index (χ3v) is 7.24. The SMILES string of the molecule is Cc1ccc(C(=O)Nc2ccc(S(=O)(=O)C(CCOC(=O)Nc3ccccc3F)C(=O)O)cc2)cc1. The van der Waals surface area contributed by atoms with Crippen LogP contribution in [0.2, 0.25) is 0 Å². The molecule has 0 aliphatic heterocycles. The summed E-state index contributed by atoms with van der Waals surface area (Å²) < 4.78 is 44.2. The zero-order chi connectivity index (χ0) is 26.3. The molecule has 1 unspecified atom stereocenters. The summed E-state index contributed by atoms with van der Waals surface area (Å²) in [5, 5.41) is 12.4. The molecule has 9 nitrogen and oxygen atoms in total. The fourth-order valence-corrected chi connectivity index (χ4v) is 4.69. The molecular formula is C25H23FN2O7S. The first kappa shape index (κ1) is 26.4. The Balaban J connectivity index is 1.62. The van der Waals surface area contributed by atoms with Gasteiger partial charge in [0.05, 0.1) is 17.2 Å². The second-order valence-electron chi connectivity index (χ2n) is 7.75. The zero-order valence-electron chi connectivity index (χ0n) is 19.1. The number of hydrogen-bond donors (Lipinski definition) is 3. The summed E-state index contributed by atoms with van der Waals surface area (Å²) in [6.07, 6.45) is -1.59. The first-order chi connectivity index (χ1) is 17.1. The summed E-state index contributed by atoms with van der Waals surface area (Å²) in [5.74, 6) is -2.70. The fourth-order valence-electron chi connectivity index (χ4n) is 3.18. The molecule has 188 valence electrons. The van der Waals surface area contributed by atoms with Gasteiger partial charge >= 0.3 is 12.1 Å². The van der Waals surface area contributed by atoms with Crippen LogP contribution >= 0.6 is 0 Å². The second-order valence-corrected chi connectivity index (χ2v) is 9.88. The minimum Gasteiger partial charge on any atom is -0.480 e. The number of sulfone groups is 1. The monoisotopic (exact) mass is 514 g/mol. The van der Waals surface area contributed by atoms with E-state index in [9.17, 15) is 32.3 Å². The van der Waals surface area contributed by atoms with E-state index in [1.807, 2.05) is 6.92 Å². The predicted octanol–water partition coefficient (Wildman–Crippen LogP) is 4.25. The van der Waals surface area contributed by atoms with Crippen LogP contribution < -0.4 is 10.6 Å². The summed E-state index contributed by atoms with van der Waals surface area (Å²) in [6, 6.07) is 17.3. The molecule has 0 heterocycles. The summed E-state index contributed by atoms with van der Waals surface area (Å²) in [4.78, 5) is 35.6. The molecule has 3 rings (SSSR count). The molecule has 0 saturated heterocycles. The van der Waals surface area contributed by atoms with Gasteiger partial charge in [0.2, 0.25) is 0 Å². The van der Waals surface area contributed by atoms with Crippen molar-refractivity contribution in [2.45, 2.75) is 23.5 Å². The number of hydrogen-bond acceptors (Lipinski definition) is 6. The van der Waals surface area contributed by atoms with Gasteiger partial charge < -0.3 is 15.2 Å². The van der Waals surface area contributed by atoms with E-state index < -0.39 is 46.0 Å². The average molecular weight is 515 g/mol. The number of amides is 2. The minimum absolute atomic E-state index is 0.139. The number of carboxylic acid groups (broad SMARTS) is 1. The van der Waals surface area contributed by atoms with Gasteiger partial charge in [-0.1, -0.05) is 29.8 Å². The predicted molar refractivity (Wildman–Crippen MR) is 130 cm³/mol. The Morgan fingerprint density at radius 1 is 0.944 bits per heavy atom. The van der Waals surface area contributed by atoms with Crippen LogP contribution in [-0.2, 0) is 19.4 Å². The summed E-state index contributed by atoms with van der Waals surface area (Å²) in [5.41, 5.74) is 1.59. The van der Waals surface area contributed by atoms with Crippen molar-refractivity contribution >= 4 is 39.2 Å². The Morgan fingerprint density at radius 3 is 2.19 bits per heavy atom. The third-order valence-electron chi connectivity index (χ3n) is 5.13. The number of carbonyl (C=O) groups excluding carboxylic acids is 2. The molecule has 0 saturated carbocycles. The Labute approximate surface area is 206 Å². The number of anilines is 2. The van der Waals surface area contributed by atoms with E-state index in [1.165, 1.54) is 42.5 Å². The Bertz CT molecular complexity index is 1360. The van der Waals surface area contributed by atoms with Crippen molar-refractivity contribution in [1.82, 2.24) is 0 Å². The van der Waals surface area contributed by atoms with Crippen LogP contribution in [0.4, 0.5) is 20.6 Å². The highest BCUT2D eigenvalue weighted by molar-refractivity contribution is 7.92. The van der Waals surface area contributed by atoms with E-state index in [2.05, 4.69) is 10.6 Å². The van der Waals surface area contributed by atoms with Gasteiger partial charge in [0.15, 0.2) is 15.1 Å². The highest BCUT2D eigenvalue weighted by Gasteiger charge is 2.34. The van der Waals surface area contributed by atoms with Crippen LogP contribution in [0, 0.1) is 12.7 Å². The molecule has 36 heavy (non-hydrogen) atoms. The van der Waals surface area contributed by atoms with Crippen molar-refractivity contribution in [3.05, 3.63) is 89.7 Å². The maximum absolute atomic E-state index is 13.6. The number of carboxylic acids is 1. The van der Waals surface area contributed by atoms with Crippen LogP contribution in [0.3, 0.4) is 0 Å². The first-order valence-electron chi connectivity index (χ1n) is 10.7. The van der Waals surface area contributed by atoms with Crippen LogP contribution in [0.15, 0.2) is 77.7 Å². The van der Waals surface area contributed by atoms with Gasteiger partial charge in [0.25, 0.3) is 5.91 Å². The van der Waals surface area contributed by atoms with Crippen molar-refractivity contribution in [3.63, 3.8) is 0 Å². The fraction of sp³-hybridized carbons (Fsp3) is 0.160. The molecule has 0 aliphatic carbocycles. The molecule has 1 atom stereocenters. The highest BCUT2D eigenvalue weighted by atomic mass is 32.2. The highest BCUT2D eigenvalue weighted by Crippen LogP contribution is 2.22. The maximum Gasteiger partial charge on any atom is 0.411 e. The van der Waals surface area contributed by atoms with Crippen molar-refractivity contribution in [2.24, 2.45) is 0 Å². The number of rotatable bonds is 9. The summed E-state index contributed by atoms with van der Waals surface area (Å²) >= 11 is 0. The van der Waals surface area contributed by atoms with E-state index in [4.69, 9.17) is 4.74 Å². The number of carbonyl (C=O) groups is 3. The van der Waals surface area contributed by atoms with Gasteiger partial charge in [0, 0.05) is 17.7 Å². The standard InChI is InChI=1S/C25H23FN2O7S/c1-16-6-8-17(9-7-16)23(29)27-18-10-12-19(13-11-18)36(33,34)22(24(30)31)14-15-35-25(32)28-21-5-3-2-4-20(21)26/h2-13,22H,14-15H2,1H3,(H,27,29)(H,28,32)(H,30,31). The van der Waals surface area contributed by atoms with Gasteiger partial charge in [0.1, 0.15) is 5.82 Å². The number of aryl methyl sites for hydroxylation is 1. The molecule has 0 fully saturated rings. The number of halogens is 1. The largest absolute Gasteiger partial charge is 0.480 e. The molecule has 3 aromatic rings. The van der Waals surface area contributed by atoms with Crippen molar-refractivity contribution in [1.29, 1.82) is 0 Å². The molecule has 0 bridgehead atoms. The Morgan fingerprint density at radius 2 is 1.58 bits per heavy atom.